The van der Waals surface area contributed by atoms with Gasteiger partial charge >= 0.3 is 18.1 Å². The summed E-state index contributed by atoms with van der Waals surface area (Å²) < 4.78 is 76.7. The maximum Gasteiger partial charge on any atom is 0.426 e. The maximum atomic E-state index is 12.7. The summed E-state index contributed by atoms with van der Waals surface area (Å²) in [5, 5.41) is 0. The second kappa shape index (κ2) is 8.04. The zero-order valence-corrected chi connectivity index (χ0v) is 14.9. The zero-order chi connectivity index (χ0) is 20.3. The number of alkyl halides is 3. The topological polar surface area (TPSA) is 107 Å². The average molecular weight is 398 g/mol. The lowest BCUT2D eigenvalue weighted by atomic mass is 10.1. The quantitative estimate of drug-likeness (QED) is 0.339. The van der Waals surface area contributed by atoms with Gasteiger partial charge in [-0.1, -0.05) is 17.7 Å². The highest BCUT2D eigenvalue weighted by Crippen LogP contribution is 2.26. The Balaban J connectivity index is 2.79. The number of esters is 2. The molecule has 26 heavy (non-hydrogen) atoms. The van der Waals surface area contributed by atoms with E-state index in [2.05, 4.69) is 4.74 Å². The van der Waals surface area contributed by atoms with Crippen molar-refractivity contribution >= 4 is 22.1 Å². The van der Waals surface area contributed by atoms with Crippen molar-refractivity contribution in [2.24, 2.45) is 0 Å². The van der Waals surface area contributed by atoms with E-state index >= 15 is 0 Å². The number of carbonyl (C=O) groups is 2. The Morgan fingerprint density at radius 2 is 1.62 bits per heavy atom. The monoisotopic (exact) mass is 398 g/mol. The Morgan fingerprint density at radius 1 is 1.12 bits per heavy atom. The van der Waals surface area contributed by atoms with E-state index in [0.717, 1.165) is 5.56 Å². The predicted molar refractivity (Wildman–Crippen MR) is 83.3 cm³/mol. The van der Waals surface area contributed by atoms with Gasteiger partial charge < -0.3 is 9.47 Å². The van der Waals surface area contributed by atoms with E-state index in [1.165, 1.54) is 0 Å². The summed E-state index contributed by atoms with van der Waals surface area (Å²) in [6.07, 6.45) is -9.50. The van der Waals surface area contributed by atoms with Gasteiger partial charge in [-0.2, -0.15) is 21.6 Å². The van der Waals surface area contributed by atoms with Gasteiger partial charge in [0.25, 0.3) is 10.1 Å². The number of aryl methyl sites for hydroxylation is 3. The van der Waals surface area contributed by atoms with Crippen LogP contribution in [0.4, 0.5) is 13.2 Å². The van der Waals surface area contributed by atoms with E-state index in [0.29, 0.717) is 11.1 Å². The molecular weight excluding hydrogens is 381 g/mol. The molecule has 1 aromatic carbocycles. The first-order valence-electron chi connectivity index (χ1n) is 7.19. The molecule has 0 spiro atoms. The van der Waals surface area contributed by atoms with Crippen LogP contribution in [0.3, 0.4) is 0 Å². The van der Waals surface area contributed by atoms with E-state index in [1.54, 1.807) is 26.0 Å². The summed E-state index contributed by atoms with van der Waals surface area (Å²) in [7, 11) is -5.06. The third-order valence-electron chi connectivity index (χ3n) is 3.11. The first-order chi connectivity index (χ1) is 11.7. The molecule has 0 aliphatic carbocycles. The number of hydrogen-bond acceptors (Lipinski definition) is 6. The van der Waals surface area contributed by atoms with Gasteiger partial charge in [-0.05, 0) is 31.9 Å². The van der Waals surface area contributed by atoms with Gasteiger partial charge in [0.1, 0.15) is 17.9 Å². The van der Waals surface area contributed by atoms with Gasteiger partial charge in [0.2, 0.25) is 6.10 Å². The van der Waals surface area contributed by atoms with Gasteiger partial charge in [-0.25, -0.2) is 0 Å². The van der Waals surface area contributed by atoms with Crippen LogP contribution < -0.4 is 4.74 Å². The van der Waals surface area contributed by atoms with Crippen molar-refractivity contribution < 1.29 is 45.2 Å². The largest absolute Gasteiger partial charge is 0.451 e. The summed E-state index contributed by atoms with van der Waals surface area (Å²) in [5.41, 5.74) is 2.07. The number of hydrogen-bond donors (Lipinski definition) is 1. The smallest absolute Gasteiger partial charge is 0.426 e. The normalized spacial score (nSPS) is 13.2. The fourth-order valence-corrected chi connectivity index (χ4v) is 2.82. The Hall–Kier alpha value is -2.14. The van der Waals surface area contributed by atoms with E-state index < -0.39 is 46.5 Å². The van der Waals surface area contributed by atoms with Crippen LogP contribution >= 0.6 is 0 Å². The van der Waals surface area contributed by atoms with E-state index in [9.17, 15) is 31.2 Å². The zero-order valence-electron chi connectivity index (χ0n) is 14.1. The molecule has 0 radical (unpaired) electrons. The van der Waals surface area contributed by atoms with Crippen molar-refractivity contribution in [3.05, 3.63) is 28.8 Å². The molecule has 1 rings (SSSR count). The minimum Gasteiger partial charge on any atom is -0.451 e. The summed E-state index contributed by atoms with van der Waals surface area (Å²) in [6.45, 7) is 5.11. The molecule has 7 nitrogen and oxygen atoms in total. The van der Waals surface area contributed by atoms with Crippen LogP contribution in [0.5, 0.6) is 5.75 Å². The van der Waals surface area contributed by atoms with E-state index in [4.69, 9.17) is 9.29 Å². The molecule has 1 N–H and O–H groups in total. The fourth-order valence-electron chi connectivity index (χ4n) is 2.18. The number of carbonyl (C=O) groups excluding carboxylic acids is 2. The van der Waals surface area contributed by atoms with Crippen LogP contribution in [0, 0.1) is 20.8 Å². The molecule has 1 aromatic rings. The Morgan fingerprint density at radius 3 is 2.04 bits per heavy atom. The third-order valence-corrected chi connectivity index (χ3v) is 3.83. The van der Waals surface area contributed by atoms with Gasteiger partial charge in [0.05, 0.1) is 0 Å². The molecule has 1 unspecified atom stereocenters. The molecular formula is C15H17F3O7S. The van der Waals surface area contributed by atoms with Gasteiger partial charge in [0.15, 0.2) is 0 Å². The molecule has 0 aliphatic heterocycles. The second-order valence-electron chi connectivity index (χ2n) is 5.65. The SMILES string of the molecule is Cc1cc(C)c(OC(=O)CC(=O)OC(CS(=O)(=O)O)C(F)(F)F)c(C)c1. The molecule has 0 heterocycles. The molecule has 0 saturated heterocycles. The maximum absolute atomic E-state index is 12.7. The number of rotatable bonds is 6. The van der Waals surface area contributed by atoms with E-state index in [1.807, 2.05) is 6.92 Å². The molecule has 11 heteroatoms. The van der Waals surface area contributed by atoms with Crippen molar-refractivity contribution in [2.45, 2.75) is 39.5 Å². The first kappa shape index (κ1) is 21.9. The van der Waals surface area contributed by atoms with Gasteiger partial charge in [-0.3, -0.25) is 14.1 Å². The third kappa shape index (κ3) is 7.00. The Bertz CT molecular complexity index is 777. The lowest BCUT2D eigenvalue weighted by Crippen LogP contribution is -2.40. The van der Waals surface area contributed by atoms with Crippen LogP contribution in [0.15, 0.2) is 12.1 Å². The Kier molecular flexibility index (Phi) is 6.77. The highest BCUT2D eigenvalue weighted by atomic mass is 32.2. The standard InChI is InChI=1S/C15H17F3O7S/c1-8-4-9(2)14(10(3)5-8)25-13(20)6-12(19)24-11(15(16,17)18)7-26(21,22)23/h4-5,11H,6-7H2,1-3H3,(H,21,22,23). The molecule has 0 saturated carbocycles. The average Bonchev–Trinajstić information content (AvgIpc) is 2.39. The molecule has 146 valence electrons. The fraction of sp³-hybridized carbons (Fsp3) is 0.467. The predicted octanol–water partition coefficient (Wildman–Crippen LogP) is 2.27. The van der Waals surface area contributed by atoms with Gasteiger partial charge in [0, 0.05) is 0 Å². The Labute approximate surface area is 147 Å². The van der Waals surface area contributed by atoms with Crippen LogP contribution in [0.25, 0.3) is 0 Å². The summed E-state index contributed by atoms with van der Waals surface area (Å²) >= 11 is 0. The van der Waals surface area contributed by atoms with Crippen molar-refractivity contribution in [1.29, 1.82) is 0 Å². The highest BCUT2D eigenvalue weighted by molar-refractivity contribution is 7.85. The molecule has 0 bridgehead atoms. The van der Waals surface area contributed by atoms with E-state index in [-0.39, 0.29) is 5.75 Å². The van der Waals surface area contributed by atoms with Crippen LogP contribution in [0.2, 0.25) is 0 Å². The lowest BCUT2D eigenvalue weighted by Gasteiger charge is -2.19. The number of benzene rings is 1. The number of halogens is 3. The molecule has 0 fully saturated rings. The highest BCUT2D eigenvalue weighted by Gasteiger charge is 2.45. The van der Waals surface area contributed by atoms with Crippen LogP contribution in [0.1, 0.15) is 23.1 Å². The van der Waals surface area contributed by atoms with Gasteiger partial charge in [-0.15, -0.1) is 0 Å². The van der Waals surface area contributed by atoms with Crippen molar-refractivity contribution in [3.8, 4) is 5.75 Å². The summed E-state index contributed by atoms with van der Waals surface area (Å²) in [4.78, 5) is 23.3. The minimum absolute atomic E-state index is 0.165. The van der Waals surface area contributed by atoms with Crippen molar-refractivity contribution in [1.82, 2.24) is 0 Å². The van der Waals surface area contributed by atoms with Crippen LogP contribution in [-0.2, 0) is 24.4 Å². The van der Waals surface area contributed by atoms with Crippen LogP contribution in [-0.4, -0.2) is 42.9 Å². The second-order valence-corrected chi connectivity index (χ2v) is 7.14. The molecule has 0 aromatic heterocycles. The molecule has 0 amide bonds. The number of ether oxygens (including phenoxy) is 2. The first-order valence-corrected chi connectivity index (χ1v) is 8.80. The summed E-state index contributed by atoms with van der Waals surface area (Å²) in [6, 6.07) is 3.42. The minimum atomic E-state index is -5.24. The van der Waals surface area contributed by atoms with Crippen molar-refractivity contribution in [3.63, 3.8) is 0 Å². The molecule has 0 aliphatic rings. The summed E-state index contributed by atoms with van der Waals surface area (Å²) in [5.74, 6) is -4.51. The van der Waals surface area contributed by atoms with Crippen molar-refractivity contribution in [2.75, 3.05) is 5.75 Å². The molecule has 1 atom stereocenters. The lowest BCUT2D eigenvalue weighted by molar-refractivity contribution is -0.215.